The highest BCUT2D eigenvalue weighted by Gasteiger charge is 2.30. The first-order valence-electron chi connectivity index (χ1n) is 8.39. The van der Waals surface area contributed by atoms with Gasteiger partial charge < -0.3 is 10.2 Å². The Balaban J connectivity index is 1.51. The van der Waals surface area contributed by atoms with Crippen molar-refractivity contribution in [3.63, 3.8) is 0 Å². The Kier molecular flexibility index (Phi) is 4.40. The number of hydrogen-bond acceptors (Lipinski definition) is 8. The molecule has 10 nitrogen and oxygen atoms in total. The van der Waals surface area contributed by atoms with Gasteiger partial charge in [0.15, 0.2) is 0 Å². The van der Waals surface area contributed by atoms with Crippen molar-refractivity contribution in [2.75, 3.05) is 16.8 Å². The number of H-pyrrole nitrogens is 1. The van der Waals surface area contributed by atoms with Gasteiger partial charge >= 0.3 is 0 Å². The summed E-state index contributed by atoms with van der Waals surface area (Å²) in [6, 6.07) is 10.4. The molecule has 0 spiro atoms. The third-order valence-corrected chi connectivity index (χ3v) is 4.27. The fourth-order valence-electron chi connectivity index (χ4n) is 2.96. The highest BCUT2D eigenvalue weighted by molar-refractivity contribution is 5.99. The highest BCUT2D eigenvalue weighted by atomic mass is 16.2. The van der Waals surface area contributed by atoms with Crippen LogP contribution in [0.15, 0.2) is 36.5 Å². The predicted molar refractivity (Wildman–Crippen MR) is 95.4 cm³/mol. The number of rotatable bonds is 4. The number of nitrogens with one attached hydrogen (secondary N) is 2. The molecule has 27 heavy (non-hydrogen) atoms. The van der Waals surface area contributed by atoms with E-state index in [1.54, 1.807) is 41.4 Å². The largest absolute Gasteiger partial charge is 0.358 e. The van der Waals surface area contributed by atoms with Crippen molar-refractivity contribution >= 4 is 17.4 Å². The van der Waals surface area contributed by atoms with Gasteiger partial charge in [-0.05, 0) is 48.4 Å². The molecule has 2 aromatic heterocycles. The van der Waals surface area contributed by atoms with Crippen molar-refractivity contribution in [3.8, 4) is 17.7 Å². The molecule has 0 saturated carbocycles. The van der Waals surface area contributed by atoms with E-state index in [0.717, 1.165) is 12.1 Å². The zero-order chi connectivity index (χ0) is 18.6. The van der Waals surface area contributed by atoms with E-state index in [4.69, 9.17) is 5.26 Å². The molecule has 0 aliphatic carbocycles. The maximum Gasteiger partial charge on any atom is 0.249 e. The summed E-state index contributed by atoms with van der Waals surface area (Å²) in [5, 5.41) is 25.7. The molecule has 3 aromatic rings. The molecule has 1 saturated heterocycles. The number of nitriles is 1. The number of anilines is 2. The number of piperidine rings is 1. The Hall–Kier alpha value is -3.87. The van der Waals surface area contributed by atoms with E-state index in [9.17, 15) is 4.79 Å². The number of benzene rings is 1. The predicted octanol–water partition coefficient (Wildman–Crippen LogP) is 1.14. The molecule has 134 valence electrons. The second-order valence-corrected chi connectivity index (χ2v) is 5.99. The smallest absolute Gasteiger partial charge is 0.249 e. The van der Waals surface area contributed by atoms with Crippen molar-refractivity contribution in [1.82, 2.24) is 30.6 Å². The lowest BCUT2D eigenvalue weighted by molar-refractivity contribution is -0.120. The summed E-state index contributed by atoms with van der Waals surface area (Å²) in [5.41, 5.74) is 1.34. The van der Waals surface area contributed by atoms with Gasteiger partial charge in [0.2, 0.25) is 17.6 Å². The lowest BCUT2D eigenvalue weighted by atomic mass is 10.0. The monoisotopic (exact) mass is 361 g/mol. The number of aromatic amines is 1. The van der Waals surface area contributed by atoms with Gasteiger partial charge in [-0.25, -0.2) is 9.97 Å². The van der Waals surface area contributed by atoms with E-state index in [1.807, 2.05) is 0 Å². The van der Waals surface area contributed by atoms with Crippen LogP contribution in [0.1, 0.15) is 18.4 Å². The Morgan fingerprint density at radius 2 is 2.07 bits per heavy atom. The summed E-state index contributed by atoms with van der Waals surface area (Å²) in [6.45, 7) is 0.640. The first-order chi connectivity index (χ1) is 13.2. The zero-order valence-electron chi connectivity index (χ0n) is 14.2. The van der Waals surface area contributed by atoms with Gasteiger partial charge in [-0.3, -0.25) is 4.79 Å². The first-order valence-corrected chi connectivity index (χ1v) is 8.39. The van der Waals surface area contributed by atoms with Crippen molar-refractivity contribution < 1.29 is 4.79 Å². The number of nitrogens with zero attached hydrogens (tertiary/aromatic N) is 7. The minimum absolute atomic E-state index is 0.0364. The normalized spacial score (nSPS) is 16.8. The fraction of sp³-hybridized carbons (Fsp3) is 0.235. The number of amides is 1. The van der Waals surface area contributed by atoms with Crippen LogP contribution in [0.2, 0.25) is 0 Å². The molecule has 1 amide bonds. The van der Waals surface area contributed by atoms with Gasteiger partial charge in [0.25, 0.3) is 0 Å². The summed E-state index contributed by atoms with van der Waals surface area (Å²) in [6.07, 6.45) is 3.13. The Bertz CT molecular complexity index is 978. The van der Waals surface area contributed by atoms with Crippen LogP contribution in [0.4, 0.5) is 11.5 Å². The molecule has 10 heteroatoms. The van der Waals surface area contributed by atoms with E-state index in [0.29, 0.717) is 30.2 Å². The first kappa shape index (κ1) is 16.6. The average molecular weight is 361 g/mol. The molecule has 1 aliphatic heterocycles. The second kappa shape index (κ2) is 7.17. The van der Waals surface area contributed by atoms with Gasteiger partial charge in [-0.2, -0.15) is 10.5 Å². The average Bonchev–Trinajstić information content (AvgIpc) is 3.25. The maximum atomic E-state index is 12.9. The Morgan fingerprint density at radius 3 is 2.81 bits per heavy atom. The lowest BCUT2D eigenvalue weighted by Gasteiger charge is -2.33. The molecule has 1 atom stereocenters. The summed E-state index contributed by atoms with van der Waals surface area (Å²) < 4.78 is 0. The van der Waals surface area contributed by atoms with Crippen molar-refractivity contribution in [2.24, 2.45) is 0 Å². The Morgan fingerprint density at radius 1 is 1.22 bits per heavy atom. The molecule has 0 radical (unpaired) electrons. The van der Waals surface area contributed by atoms with Gasteiger partial charge in [0, 0.05) is 18.4 Å². The second-order valence-electron chi connectivity index (χ2n) is 5.99. The molecular weight excluding hydrogens is 346 g/mol. The lowest BCUT2D eigenvalue weighted by Crippen LogP contribution is -2.47. The van der Waals surface area contributed by atoms with Gasteiger partial charge in [0.05, 0.1) is 11.6 Å². The molecule has 2 N–H and O–H groups in total. The van der Waals surface area contributed by atoms with Crippen LogP contribution in [-0.2, 0) is 4.79 Å². The summed E-state index contributed by atoms with van der Waals surface area (Å²) in [4.78, 5) is 23.1. The zero-order valence-corrected chi connectivity index (χ0v) is 14.2. The van der Waals surface area contributed by atoms with Crippen LogP contribution in [-0.4, -0.2) is 49.1 Å². The molecule has 1 aromatic carbocycles. The van der Waals surface area contributed by atoms with Gasteiger partial charge in [-0.15, -0.1) is 10.2 Å². The van der Waals surface area contributed by atoms with Gasteiger partial charge in [0.1, 0.15) is 11.9 Å². The Labute approximate surface area is 154 Å². The van der Waals surface area contributed by atoms with Crippen LogP contribution < -0.4 is 10.2 Å². The van der Waals surface area contributed by atoms with Crippen LogP contribution in [0, 0.1) is 11.3 Å². The fourth-order valence-corrected chi connectivity index (χ4v) is 2.96. The molecule has 1 fully saturated rings. The van der Waals surface area contributed by atoms with Crippen molar-refractivity contribution in [2.45, 2.75) is 18.9 Å². The van der Waals surface area contributed by atoms with E-state index < -0.39 is 6.04 Å². The van der Waals surface area contributed by atoms with Crippen molar-refractivity contribution in [3.05, 3.63) is 42.1 Å². The molecule has 1 unspecified atom stereocenters. The topological polar surface area (TPSA) is 136 Å². The SMILES string of the molecule is N#Cc1ccc(N2CCCC(Nc3ccnc(-c4nn[nH]n4)n3)C2=O)cc1. The quantitative estimate of drug-likeness (QED) is 0.706. The number of tetrazole rings is 1. The third-order valence-electron chi connectivity index (χ3n) is 4.27. The van der Waals surface area contributed by atoms with E-state index in [2.05, 4.69) is 42.0 Å². The van der Waals surface area contributed by atoms with Crippen LogP contribution in [0.5, 0.6) is 0 Å². The van der Waals surface area contributed by atoms with Crippen molar-refractivity contribution in [1.29, 1.82) is 5.26 Å². The molecule has 4 rings (SSSR count). The van der Waals surface area contributed by atoms with E-state index >= 15 is 0 Å². The van der Waals surface area contributed by atoms with E-state index in [-0.39, 0.29) is 11.7 Å². The van der Waals surface area contributed by atoms with E-state index in [1.165, 1.54) is 0 Å². The standard InChI is InChI=1S/C17H15N9O/c18-10-11-3-5-12(6-4-11)26-9-1-2-13(17(26)27)20-14-7-8-19-15(21-14)16-22-24-25-23-16/h3-8,13H,1-2,9H2,(H,19,20,21)(H,22,23,24,25). The third kappa shape index (κ3) is 3.43. The number of carbonyl (C=O) groups is 1. The van der Waals surface area contributed by atoms with Crippen LogP contribution in [0.3, 0.4) is 0 Å². The number of hydrogen-bond donors (Lipinski definition) is 2. The van der Waals surface area contributed by atoms with Crippen LogP contribution in [0.25, 0.3) is 11.6 Å². The van der Waals surface area contributed by atoms with Crippen LogP contribution >= 0.6 is 0 Å². The minimum atomic E-state index is -0.401. The minimum Gasteiger partial charge on any atom is -0.358 e. The molecule has 0 bridgehead atoms. The number of carbonyl (C=O) groups excluding carboxylic acids is 1. The maximum absolute atomic E-state index is 12.9. The summed E-state index contributed by atoms with van der Waals surface area (Å²) in [7, 11) is 0. The summed E-state index contributed by atoms with van der Waals surface area (Å²) in [5.74, 6) is 1.09. The van der Waals surface area contributed by atoms with Gasteiger partial charge in [-0.1, -0.05) is 0 Å². The molecular formula is C17H15N9O. The number of aromatic nitrogens is 6. The summed E-state index contributed by atoms with van der Waals surface area (Å²) >= 11 is 0. The molecule has 3 heterocycles. The molecule has 1 aliphatic rings. The highest BCUT2D eigenvalue weighted by Crippen LogP contribution is 2.23.